The summed E-state index contributed by atoms with van der Waals surface area (Å²) in [6.45, 7) is 8.36. The Morgan fingerprint density at radius 3 is 2.65 bits per heavy atom. The third kappa shape index (κ3) is 4.46. The molecule has 1 rings (SSSR count). The first-order valence-electron chi connectivity index (χ1n) is 7.07. The number of nitrogens with one attached hydrogen (secondary N) is 1. The Balaban J connectivity index is 2.53. The lowest BCUT2D eigenvalue weighted by Gasteiger charge is -2.42. The largest absolute Gasteiger partial charge is 0.316 e. The van der Waals surface area contributed by atoms with E-state index in [-0.39, 0.29) is 0 Å². The molecule has 0 amide bonds. The van der Waals surface area contributed by atoms with E-state index in [1.54, 1.807) is 0 Å². The fourth-order valence-corrected chi connectivity index (χ4v) is 3.86. The van der Waals surface area contributed by atoms with Crippen molar-refractivity contribution < 1.29 is 0 Å². The maximum atomic E-state index is 3.59. The Bertz CT molecular complexity index is 202. The SMILES string of the molecule is CCC(CSC)N(C)CC1(CC)CCCNC1. The van der Waals surface area contributed by atoms with Gasteiger partial charge >= 0.3 is 0 Å². The molecule has 0 spiro atoms. The second kappa shape index (κ2) is 7.65. The molecule has 0 bridgehead atoms. The second-order valence-electron chi connectivity index (χ2n) is 5.57. The van der Waals surface area contributed by atoms with E-state index in [2.05, 4.69) is 37.4 Å². The molecule has 0 aromatic heterocycles. The maximum absolute atomic E-state index is 3.59. The summed E-state index contributed by atoms with van der Waals surface area (Å²) in [4.78, 5) is 2.60. The monoisotopic (exact) mass is 258 g/mol. The van der Waals surface area contributed by atoms with Crippen molar-refractivity contribution in [1.82, 2.24) is 10.2 Å². The highest BCUT2D eigenvalue weighted by Gasteiger charge is 2.32. The minimum absolute atomic E-state index is 0.527. The topological polar surface area (TPSA) is 15.3 Å². The van der Waals surface area contributed by atoms with Crippen LogP contribution in [0.25, 0.3) is 0 Å². The molecule has 0 radical (unpaired) electrons. The van der Waals surface area contributed by atoms with Gasteiger partial charge in [0.15, 0.2) is 0 Å². The first-order chi connectivity index (χ1) is 8.17. The van der Waals surface area contributed by atoms with Crippen molar-refractivity contribution in [2.75, 3.05) is 38.7 Å². The fraction of sp³-hybridized carbons (Fsp3) is 1.00. The lowest BCUT2D eigenvalue weighted by Crippen LogP contribution is -2.49. The molecule has 0 aliphatic carbocycles. The highest BCUT2D eigenvalue weighted by Crippen LogP contribution is 2.31. The Labute approximate surface area is 112 Å². The third-order valence-electron chi connectivity index (χ3n) is 4.35. The van der Waals surface area contributed by atoms with E-state index in [0.29, 0.717) is 5.41 Å². The summed E-state index contributed by atoms with van der Waals surface area (Å²) in [7, 11) is 2.32. The summed E-state index contributed by atoms with van der Waals surface area (Å²) in [5.74, 6) is 1.26. The maximum Gasteiger partial charge on any atom is 0.0180 e. The van der Waals surface area contributed by atoms with Crippen LogP contribution in [-0.2, 0) is 0 Å². The molecule has 1 N–H and O–H groups in total. The van der Waals surface area contributed by atoms with Crippen molar-refractivity contribution in [3.8, 4) is 0 Å². The molecule has 1 fully saturated rings. The lowest BCUT2D eigenvalue weighted by molar-refractivity contribution is 0.106. The van der Waals surface area contributed by atoms with Gasteiger partial charge in [-0.25, -0.2) is 0 Å². The van der Waals surface area contributed by atoms with Crippen molar-refractivity contribution in [3.05, 3.63) is 0 Å². The van der Waals surface area contributed by atoms with Crippen LogP contribution in [-0.4, -0.2) is 49.6 Å². The molecule has 2 unspecified atom stereocenters. The smallest absolute Gasteiger partial charge is 0.0180 e. The first-order valence-corrected chi connectivity index (χ1v) is 8.46. The summed E-state index contributed by atoms with van der Waals surface area (Å²) in [5.41, 5.74) is 0.527. The van der Waals surface area contributed by atoms with Gasteiger partial charge in [0.2, 0.25) is 0 Å². The zero-order chi connectivity index (χ0) is 12.7. The van der Waals surface area contributed by atoms with Crippen molar-refractivity contribution in [1.29, 1.82) is 0 Å². The summed E-state index contributed by atoms with van der Waals surface area (Å²) in [6, 6.07) is 0.746. The van der Waals surface area contributed by atoms with E-state index in [1.807, 2.05) is 11.8 Å². The van der Waals surface area contributed by atoms with Gasteiger partial charge in [-0.15, -0.1) is 0 Å². The Kier molecular flexibility index (Phi) is 6.90. The second-order valence-corrected chi connectivity index (χ2v) is 6.48. The van der Waals surface area contributed by atoms with Crippen LogP contribution in [0.4, 0.5) is 0 Å². The van der Waals surface area contributed by atoms with Gasteiger partial charge in [0.05, 0.1) is 0 Å². The highest BCUT2D eigenvalue weighted by atomic mass is 32.2. The average molecular weight is 258 g/mol. The molecule has 17 heavy (non-hydrogen) atoms. The van der Waals surface area contributed by atoms with Gasteiger partial charge in [0, 0.05) is 24.9 Å². The van der Waals surface area contributed by atoms with Gasteiger partial charge in [-0.3, -0.25) is 0 Å². The number of nitrogens with zero attached hydrogens (tertiary/aromatic N) is 1. The Hall–Kier alpha value is 0.270. The van der Waals surface area contributed by atoms with Crippen molar-refractivity contribution >= 4 is 11.8 Å². The van der Waals surface area contributed by atoms with Crippen LogP contribution in [0.5, 0.6) is 0 Å². The van der Waals surface area contributed by atoms with Crippen LogP contribution in [0, 0.1) is 5.41 Å². The van der Waals surface area contributed by atoms with E-state index in [0.717, 1.165) is 6.04 Å². The molecular weight excluding hydrogens is 228 g/mol. The van der Waals surface area contributed by atoms with E-state index in [9.17, 15) is 0 Å². The normalized spacial score (nSPS) is 27.4. The number of hydrogen-bond acceptors (Lipinski definition) is 3. The standard InChI is InChI=1S/C14H30N2S/c1-5-13(10-17-4)16(3)12-14(6-2)8-7-9-15-11-14/h13,15H,5-12H2,1-4H3. The van der Waals surface area contributed by atoms with Gasteiger partial charge in [-0.1, -0.05) is 13.8 Å². The van der Waals surface area contributed by atoms with Gasteiger partial charge in [0.25, 0.3) is 0 Å². The quantitative estimate of drug-likeness (QED) is 0.756. The zero-order valence-electron chi connectivity index (χ0n) is 12.1. The number of thioether (sulfide) groups is 1. The molecule has 2 nitrogen and oxygen atoms in total. The van der Waals surface area contributed by atoms with E-state index in [1.165, 1.54) is 51.1 Å². The lowest BCUT2D eigenvalue weighted by atomic mass is 9.77. The third-order valence-corrected chi connectivity index (χ3v) is 5.07. The van der Waals surface area contributed by atoms with Crippen LogP contribution in [0.2, 0.25) is 0 Å². The van der Waals surface area contributed by atoms with E-state index >= 15 is 0 Å². The molecule has 1 heterocycles. The summed E-state index contributed by atoms with van der Waals surface area (Å²) in [5, 5.41) is 3.59. The molecule has 1 saturated heterocycles. The van der Waals surface area contributed by atoms with Crippen LogP contribution in [0.3, 0.4) is 0 Å². The van der Waals surface area contributed by atoms with Crippen molar-refractivity contribution in [2.45, 2.75) is 45.6 Å². The van der Waals surface area contributed by atoms with Crippen LogP contribution < -0.4 is 5.32 Å². The minimum Gasteiger partial charge on any atom is -0.316 e. The zero-order valence-corrected chi connectivity index (χ0v) is 12.9. The number of rotatable bonds is 7. The van der Waals surface area contributed by atoms with E-state index in [4.69, 9.17) is 0 Å². The molecule has 2 atom stereocenters. The molecule has 0 aromatic carbocycles. The molecule has 102 valence electrons. The predicted octanol–water partition coefficient (Wildman–Crippen LogP) is 2.84. The molecule has 0 aromatic rings. The van der Waals surface area contributed by atoms with Crippen LogP contribution >= 0.6 is 11.8 Å². The van der Waals surface area contributed by atoms with Crippen LogP contribution in [0.1, 0.15) is 39.5 Å². The average Bonchev–Trinajstić information content (AvgIpc) is 2.36. The van der Waals surface area contributed by atoms with Gasteiger partial charge < -0.3 is 10.2 Å². The Morgan fingerprint density at radius 2 is 2.18 bits per heavy atom. The predicted molar refractivity (Wildman–Crippen MR) is 79.9 cm³/mol. The van der Waals surface area contributed by atoms with Gasteiger partial charge in [-0.2, -0.15) is 11.8 Å². The summed E-state index contributed by atoms with van der Waals surface area (Å²) >= 11 is 1.97. The van der Waals surface area contributed by atoms with E-state index < -0.39 is 0 Å². The van der Waals surface area contributed by atoms with Gasteiger partial charge in [0.1, 0.15) is 0 Å². The molecule has 1 aliphatic rings. The first kappa shape index (κ1) is 15.3. The number of piperidine rings is 1. The van der Waals surface area contributed by atoms with Gasteiger partial charge in [-0.05, 0) is 50.9 Å². The fourth-order valence-electron chi connectivity index (χ4n) is 2.99. The minimum atomic E-state index is 0.527. The molecule has 0 saturated carbocycles. The summed E-state index contributed by atoms with van der Waals surface area (Å²) in [6.07, 6.45) is 7.54. The van der Waals surface area contributed by atoms with Crippen molar-refractivity contribution in [3.63, 3.8) is 0 Å². The molecular formula is C14H30N2S. The molecule has 3 heteroatoms. The van der Waals surface area contributed by atoms with Crippen LogP contribution in [0.15, 0.2) is 0 Å². The highest BCUT2D eigenvalue weighted by molar-refractivity contribution is 7.98. The van der Waals surface area contributed by atoms with Crippen molar-refractivity contribution in [2.24, 2.45) is 5.41 Å². The number of hydrogen-bond donors (Lipinski definition) is 1. The molecule has 1 aliphatic heterocycles. The summed E-state index contributed by atoms with van der Waals surface area (Å²) < 4.78 is 0. The Morgan fingerprint density at radius 1 is 1.41 bits per heavy atom.